The number of hydrogen-bond acceptors (Lipinski definition) is 4. The van der Waals surface area contributed by atoms with Crippen molar-refractivity contribution in [1.82, 2.24) is 5.32 Å². The zero-order valence-electron chi connectivity index (χ0n) is 14.8. The van der Waals surface area contributed by atoms with Crippen molar-refractivity contribution >= 4 is 11.1 Å². The van der Waals surface area contributed by atoms with E-state index < -0.39 is 11.1 Å². The molecule has 0 radical (unpaired) electrons. The molecular formula is C19H25NO4S. The van der Waals surface area contributed by atoms with Gasteiger partial charge < -0.3 is 19.3 Å². The molecule has 25 heavy (non-hydrogen) atoms. The van der Waals surface area contributed by atoms with Crippen LogP contribution in [0.25, 0.3) is 0 Å². The van der Waals surface area contributed by atoms with Gasteiger partial charge in [-0.2, -0.15) is 0 Å². The maximum Gasteiger partial charge on any atom is 0.186 e. The first kappa shape index (κ1) is 19.4. The lowest BCUT2D eigenvalue weighted by molar-refractivity contribution is 0.208. The summed E-state index contributed by atoms with van der Waals surface area (Å²) < 4.78 is 31.7. The quantitative estimate of drug-likeness (QED) is 0.529. The number of hydrogen-bond donors (Lipinski definition) is 2. The van der Waals surface area contributed by atoms with Crippen LogP contribution in [0.2, 0.25) is 0 Å². The summed E-state index contributed by atoms with van der Waals surface area (Å²) in [6.45, 7) is 5.30. The van der Waals surface area contributed by atoms with E-state index in [1.807, 2.05) is 50.2 Å². The third-order valence-corrected chi connectivity index (χ3v) is 4.68. The van der Waals surface area contributed by atoms with Crippen molar-refractivity contribution in [2.75, 3.05) is 20.2 Å². The first-order valence-electron chi connectivity index (χ1n) is 8.22. The van der Waals surface area contributed by atoms with Gasteiger partial charge in [-0.05, 0) is 56.1 Å². The Labute approximate surface area is 151 Å². The van der Waals surface area contributed by atoms with E-state index in [0.29, 0.717) is 11.4 Å². The molecule has 0 bridgehead atoms. The normalized spacial score (nSPS) is 13.3. The summed E-state index contributed by atoms with van der Waals surface area (Å²) in [5.74, 6) is 1.45. The first-order valence-corrected chi connectivity index (χ1v) is 9.32. The summed E-state index contributed by atoms with van der Waals surface area (Å²) in [6.07, 6.45) is 0.779. The molecule has 2 aromatic rings. The van der Waals surface area contributed by atoms with Gasteiger partial charge in [-0.1, -0.05) is 24.3 Å². The second kappa shape index (κ2) is 9.56. The number of rotatable bonds is 9. The third kappa shape index (κ3) is 5.85. The SMILES string of the molecule is COc1ccccc1OC(C)CNCCc1ccc(C)c(S(=O)O)c1. The van der Waals surface area contributed by atoms with E-state index in [0.717, 1.165) is 35.6 Å². The van der Waals surface area contributed by atoms with Crippen LogP contribution in [0.15, 0.2) is 47.4 Å². The highest BCUT2D eigenvalue weighted by atomic mass is 32.2. The standard InChI is InChI=1S/C19H25NO4S/c1-14-8-9-16(12-19(14)25(21)22)10-11-20-13-15(2)24-18-7-5-4-6-17(18)23-3/h4-9,12,15,20H,10-11,13H2,1-3H3,(H,21,22). The Hall–Kier alpha value is -1.89. The summed E-state index contributed by atoms with van der Waals surface area (Å²) in [6, 6.07) is 13.2. The molecule has 0 amide bonds. The maximum atomic E-state index is 11.3. The molecule has 2 rings (SSSR count). The van der Waals surface area contributed by atoms with Crippen LogP contribution < -0.4 is 14.8 Å². The molecule has 0 heterocycles. The molecule has 0 fully saturated rings. The molecular weight excluding hydrogens is 338 g/mol. The molecule has 6 heteroatoms. The highest BCUT2D eigenvalue weighted by molar-refractivity contribution is 7.79. The molecule has 2 atom stereocenters. The Kier molecular flexibility index (Phi) is 7.43. The van der Waals surface area contributed by atoms with Crippen molar-refractivity contribution in [3.05, 3.63) is 53.6 Å². The highest BCUT2D eigenvalue weighted by Crippen LogP contribution is 2.26. The van der Waals surface area contributed by atoms with Gasteiger partial charge in [-0.15, -0.1) is 0 Å². The maximum absolute atomic E-state index is 11.3. The van der Waals surface area contributed by atoms with Crippen LogP contribution in [-0.2, 0) is 17.5 Å². The lowest BCUT2D eigenvalue weighted by Crippen LogP contribution is -2.30. The Bertz CT molecular complexity index is 720. The minimum Gasteiger partial charge on any atom is -0.493 e. The van der Waals surface area contributed by atoms with E-state index in [1.54, 1.807) is 13.2 Å². The average Bonchev–Trinajstić information content (AvgIpc) is 2.60. The summed E-state index contributed by atoms with van der Waals surface area (Å²) in [5.41, 5.74) is 1.87. The van der Waals surface area contributed by atoms with Crippen LogP contribution in [0.3, 0.4) is 0 Å². The van der Waals surface area contributed by atoms with Gasteiger partial charge in [0.1, 0.15) is 6.10 Å². The molecule has 2 aromatic carbocycles. The van der Waals surface area contributed by atoms with Crippen molar-refractivity contribution in [2.24, 2.45) is 0 Å². The minimum absolute atomic E-state index is 0.00479. The van der Waals surface area contributed by atoms with Gasteiger partial charge in [0.15, 0.2) is 22.6 Å². The topological polar surface area (TPSA) is 67.8 Å². The van der Waals surface area contributed by atoms with E-state index in [-0.39, 0.29) is 6.10 Å². The second-order valence-corrected chi connectivity index (χ2v) is 6.82. The summed E-state index contributed by atoms with van der Waals surface area (Å²) in [5, 5.41) is 3.35. The van der Waals surface area contributed by atoms with Crippen LogP contribution >= 0.6 is 0 Å². The Morgan fingerprint density at radius 3 is 2.60 bits per heavy atom. The van der Waals surface area contributed by atoms with Crippen molar-refractivity contribution in [3.63, 3.8) is 0 Å². The predicted molar refractivity (Wildman–Crippen MR) is 99.9 cm³/mol. The Morgan fingerprint density at radius 2 is 1.92 bits per heavy atom. The molecule has 0 spiro atoms. The fourth-order valence-corrected chi connectivity index (χ4v) is 3.10. The molecule has 0 aliphatic heterocycles. The molecule has 0 aliphatic rings. The first-order chi connectivity index (χ1) is 12.0. The lowest BCUT2D eigenvalue weighted by Gasteiger charge is -2.17. The average molecular weight is 363 g/mol. The van der Waals surface area contributed by atoms with Gasteiger partial charge in [0.2, 0.25) is 0 Å². The van der Waals surface area contributed by atoms with Crippen LogP contribution in [-0.4, -0.2) is 35.1 Å². The minimum atomic E-state index is -1.94. The van der Waals surface area contributed by atoms with Crippen molar-refractivity contribution in [1.29, 1.82) is 0 Å². The van der Waals surface area contributed by atoms with Gasteiger partial charge in [0.05, 0.1) is 12.0 Å². The van der Waals surface area contributed by atoms with E-state index in [9.17, 15) is 8.76 Å². The number of nitrogens with one attached hydrogen (secondary N) is 1. The summed E-state index contributed by atoms with van der Waals surface area (Å²) in [7, 11) is 1.63. The van der Waals surface area contributed by atoms with E-state index in [1.165, 1.54) is 0 Å². The lowest BCUT2D eigenvalue weighted by atomic mass is 10.1. The Morgan fingerprint density at radius 1 is 1.20 bits per heavy atom. The van der Waals surface area contributed by atoms with Crippen LogP contribution in [0.1, 0.15) is 18.1 Å². The molecule has 136 valence electrons. The monoisotopic (exact) mass is 363 g/mol. The fraction of sp³-hybridized carbons (Fsp3) is 0.368. The van der Waals surface area contributed by atoms with E-state index >= 15 is 0 Å². The molecule has 0 saturated carbocycles. The number of ether oxygens (including phenoxy) is 2. The molecule has 5 nitrogen and oxygen atoms in total. The van der Waals surface area contributed by atoms with Gasteiger partial charge in [0.25, 0.3) is 0 Å². The number of benzene rings is 2. The smallest absolute Gasteiger partial charge is 0.186 e. The van der Waals surface area contributed by atoms with Crippen molar-refractivity contribution < 1.29 is 18.2 Å². The number of aryl methyl sites for hydroxylation is 1. The highest BCUT2D eigenvalue weighted by Gasteiger charge is 2.09. The largest absolute Gasteiger partial charge is 0.493 e. The van der Waals surface area contributed by atoms with E-state index in [2.05, 4.69) is 5.32 Å². The number of methoxy groups -OCH3 is 1. The van der Waals surface area contributed by atoms with Crippen molar-refractivity contribution in [3.8, 4) is 11.5 Å². The fourth-order valence-electron chi connectivity index (χ4n) is 2.50. The summed E-state index contributed by atoms with van der Waals surface area (Å²) >= 11 is -1.94. The zero-order valence-corrected chi connectivity index (χ0v) is 15.6. The second-order valence-electron chi connectivity index (χ2n) is 5.88. The summed E-state index contributed by atoms with van der Waals surface area (Å²) in [4.78, 5) is 0.477. The van der Waals surface area contributed by atoms with Crippen LogP contribution in [0.4, 0.5) is 0 Å². The predicted octanol–water partition coefficient (Wildman–Crippen LogP) is 3.18. The molecule has 2 unspecified atom stereocenters. The third-order valence-electron chi connectivity index (χ3n) is 3.86. The van der Waals surface area contributed by atoms with Crippen LogP contribution in [0, 0.1) is 6.92 Å². The van der Waals surface area contributed by atoms with Gasteiger partial charge in [-0.25, -0.2) is 4.21 Å². The van der Waals surface area contributed by atoms with Crippen LogP contribution in [0.5, 0.6) is 11.5 Å². The molecule has 0 saturated heterocycles. The van der Waals surface area contributed by atoms with Crippen molar-refractivity contribution in [2.45, 2.75) is 31.3 Å². The zero-order chi connectivity index (χ0) is 18.2. The Balaban J connectivity index is 1.79. The van der Waals surface area contributed by atoms with Gasteiger partial charge in [0, 0.05) is 6.54 Å². The molecule has 0 aliphatic carbocycles. The van der Waals surface area contributed by atoms with Gasteiger partial charge >= 0.3 is 0 Å². The molecule has 2 N–H and O–H groups in total. The van der Waals surface area contributed by atoms with E-state index in [4.69, 9.17) is 9.47 Å². The number of para-hydroxylation sites is 2. The molecule has 0 aromatic heterocycles. The van der Waals surface area contributed by atoms with Gasteiger partial charge in [-0.3, -0.25) is 0 Å².